The summed E-state index contributed by atoms with van der Waals surface area (Å²) in [5.74, 6) is 1.79. The summed E-state index contributed by atoms with van der Waals surface area (Å²) in [5.41, 5.74) is 1.51. The van der Waals surface area contributed by atoms with Gasteiger partial charge < -0.3 is 15.5 Å². The van der Waals surface area contributed by atoms with E-state index in [4.69, 9.17) is 5.11 Å². The number of rotatable bonds is 6. The van der Waals surface area contributed by atoms with Gasteiger partial charge in [0.1, 0.15) is 0 Å². The van der Waals surface area contributed by atoms with Crippen molar-refractivity contribution >= 4 is 11.9 Å². The summed E-state index contributed by atoms with van der Waals surface area (Å²) >= 11 is 0. The van der Waals surface area contributed by atoms with Crippen molar-refractivity contribution in [3.8, 4) is 0 Å². The van der Waals surface area contributed by atoms with Gasteiger partial charge >= 0.3 is 5.97 Å². The van der Waals surface area contributed by atoms with Crippen LogP contribution in [-0.4, -0.2) is 34.7 Å². The van der Waals surface area contributed by atoms with Crippen molar-refractivity contribution in [1.82, 2.24) is 5.32 Å². The maximum absolute atomic E-state index is 14.0. The first kappa shape index (κ1) is 29.1. The van der Waals surface area contributed by atoms with Gasteiger partial charge in [0, 0.05) is 13.0 Å². The number of fused-ring (bicyclic) bond motifs is 7. The van der Waals surface area contributed by atoms with Gasteiger partial charge in [-0.15, -0.1) is 0 Å². The Labute approximate surface area is 237 Å². The molecule has 10 atom stereocenters. The molecule has 0 aromatic heterocycles. The molecule has 0 aromatic carbocycles. The molecule has 0 saturated heterocycles. The Morgan fingerprint density at radius 2 is 1.59 bits per heavy atom. The van der Waals surface area contributed by atoms with Gasteiger partial charge in [0.25, 0.3) is 0 Å². The zero-order chi connectivity index (χ0) is 28.6. The Balaban J connectivity index is 1.47. The standard InChI is InChI=1S/C34H55NO4/c1-21(2)22-12-17-34(29(39)35-20-8-9-27(37)38)19-18-32(6)23(28(22)34)10-11-25-31(5)15-14-26(36)30(3,4)24(31)13-16-33(25,32)7/h22-26,28,36H,1,8-20H2,2-7H3,(H,35,39)(H,37,38)/t22-,23+,24-,25+,26-,28+,31-,32+,33+,34-/m0/s1. The van der Waals surface area contributed by atoms with E-state index >= 15 is 0 Å². The molecule has 1 amide bonds. The van der Waals surface area contributed by atoms with E-state index < -0.39 is 5.97 Å². The fourth-order valence-electron chi connectivity index (χ4n) is 12.1. The number of nitrogens with one attached hydrogen (secondary N) is 1. The van der Waals surface area contributed by atoms with Crippen molar-refractivity contribution in [3.63, 3.8) is 0 Å². The van der Waals surface area contributed by atoms with Gasteiger partial charge in [-0.25, -0.2) is 0 Å². The molecule has 5 nitrogen and oxygen atoms in total. The smallest absolute Gasteiger partial charge is 0.303 e. The molecule has 5 aliphatic carbocycles. The Hall–Kier alpha value is -1.36. The van der Waals surface area contributed by atoms with Crippen molar-refractivity contribution in [1.29, 1.82) is 0 Å². The zero-order valence-corrected chi connectivity index (χ0v) is 25.6. The maximum atomic E-state index is 14.0. The molecule has 0 bridgehead atoms. The highest BCUT2D eigenvalue weighted by Crippen LogP contribution is 2.77. The van der Waals surface area contributed by atoms with E-state index in [1.807, 2.05) is 0 Å². The highest BCUT2D eigenvalue weighted by atomic mass is 16.4. The Morgan fingerprint density at radius 1 is 0.872 bits per heavy atom. The fourth-order valence-corrected chi connectivity index (χ4v) is 12.1. The van der Waals surface area contributed by atoms with E-state index in [2.05, 4.69) is 53.4 Å². The van der Waals surface area contributed by atoms with Crippen molar-refractivity contribution in [2.75, 3.05) is 6.54 Å². The van der Waals surface area contributed by atoms with Crippen LogP contribution in [0.3, 0.4) is 0 Å². The van der Waals surface area contributed by atoms with E-state index in [-0.39, 0.29) is 45.5 Å². The summed E-state index contributed by atoms with van der Waals surface area (Å²) in [6.45, 7) is 19.5. The minimum absolute atomic E-state index is 0.0387. The van der Waals surface area contributed by atoms with Gasteiger partial charge in [0.15, 0.2) is 0 Å². The summed E-state index contributed by atoms with van der Waals surface area (Å²) < 4.78 is 0. The van der Waals surface area contributed by atoms with Crippen LogP contribution in [0.2, 0.25) is 0 Å². The van der Waals surface area contributed by atoms with E-state index in [0.29, 0.717) is 42.6 Å². The Kier molecular flexibility index (Phi) is 7.17. The van der Waals surface area contributed by atoms with Crippen LogP contribution in [0.5, 0.6) is 0 Å². The van der Waals surface area contributed by atoms with E-state index in [0.717, 1.165) is 38.5 Å². The molecular formula is C34H55NO4. The quantitative estimate of drug-likeness (QED) is 0.250. The number of carbonyl (C=O) groups excluding carboxylic acids is 1. The predicted octanol–water partition coefficient (Wildman–Crippen LogP) is 6.99. The number of carboxylic acid groups (broad SMARTS) is 1. The van der Waals surface area contributed by atoms with Crippen molar-refractivity contribution < 1.29 is 19.8 Å². The third-order valence-electron chi connectivity index (χ3n) is 14.4. The van der Waals surface area contributed by atoms with Crippen LogP contribution >= 0.6 is 0 Å². The summed E-state index contributed by atoms with van der Waals surface area (Å²) in [6, 6.07) is 0. The molecule has 0 heterocycles. The number of carboxylic acids is 1. The number of aliphatic carboxylic acids is 1. The van der Waals surface area contributed by atoms with Gasteiger partial charge in [-0.2, -0.15) is 0 Å². The number of hydrogen-bond donors (Lipinski definition) is 3. The zero-order valence-electron chi connectivity index (χ0n) is 25.6. The second kappa shape index (κ2) is 9.60. The maximum Gasteiger partial charge on any atom is 0.303 e. The van der Waals surface area contributed by atoms with Crippen LogP contribution in [0.1, 0.15) is 119 Å². The van der Waals surface area contributed by atoms with Gasteiger partial charge in [-0.3, -0.25) is 9.59 Å². The van der Waals surface area contributed by atoms with Crippen molar-refractivity contribution in [2.24, 2.45) is 56.7 Å². The summed E-state index contributed by atoms with van der Waals surface area (Å²) in [5, 5.41) is 23.2. The van der Waals surface area contributed by atoms with E-state index in [1.165, 1.54) is 31.3 Å². The number of allylic oxidation sites excluding steroid dienone is 1. The highest BCUT2D eigenvalue weighted by Gasteiger charge is 2.71. The van der Waals surface area contributed by atoms with Crippen LogP contribution in [-0.2, 0) is 9.59 Å². The molecule has 5 rings (SSSR count). The van der Waals surface area contributed by atoms with Crippen LogP contribution < -0.4 is 5.32 Å². The number of aliphatic hydroxyl groups excluding tert-OH is 1. The first-order valence-corrected chi connectivity index (χ1v) is 16.0. The Morgan fingerprint density at radius 3 is 2.26 bits per heavy atom. The normalized spacial score (nSPS) is 48.2. The van der Waals surface area contributed by atoms with Gasteiger partial charge in [0.2, 0.25) is 5.91 Å². The molecule has 0 spiro atoms. The third-order valence-corrected chi connectivity index (χ3v) is 14.4. The molecule has 39 heavy (non-hydrogen) atoms. The molecule has 0 aliphatic heterocycles. The van der Waals surface area contributed by atoms with Crippen LogP contribution in [0.15, 0.2) is 12.2 Å². The number of carbonyl (C=O) groups is 2. The lowest BCUT2D eigenvalue weighted by Gasteiger charge is -2.72. The van der Waals surface area contributed by atoms with E-state index in [1.54, 1.807) is 0 Å². The SMILES string of the molecule is C=C(C)[C@@H]1CC[C@]2(C(=O)NCCCC(=O)O)CC[C@]3(C)[C@H](CC[C@@H]4[C@@]5(C)CC[C@H](O)C(C)(C)[C@@H]5CC[C@]43C)[C@@H]12. The molecule has 5 heteroatoms. The largest absolute Gasteiger partial charge is 0.481 e. The van der Waals surface area contributed by atoms with Crippen LogP contribution in [0.25, 0.3) is 0 Å². The lowest BCUT2D eigenvalue weighted by Crippen LogP contribution is -2.67. The van der Waals surface area contributed by atoms with E-state index in [9.17, 15) is 14.7 Å². The van der Waals surface area contributed by atoms with Crippen LogP contribution in [0, 0.1) is 56.7 Å². The minimum atomic E-state index is -0.804. The predicted molar refractivity (Wildman–Crippen MR) is 155 cm³/mol. The van der Waals surface area contributed by atoms with Gasteiger partial charge in [0.05, 0.1) is 11.5 Å². The average molecular weight is 542 g/mol. The topological polar surface area (TPSA) is 86.6 Å². The van der Waals surface area contributed by atoms with Crippen LogP contribution in [0.4, 0.5) is 0 Å². The summed E-state index contributed by atoms with van der Waals surface area (Å²) in [6.07, 6.45) is 11.3. The van der Waals surface area contributed by atoms with Crippen molar-refractivity contribution in [2.45, 2.75) is 125 Å². The number of aliphatic hydroxyl groups is 1. The van der Waals surface area contributed by atoms with Gasteiger partial charge in [-0.05, 0) is 129 Å². The lowest BCUT2D eigenvalue weighted by atomic mass is 9.32. The fraction of sp³-hybridized carbons (Fsp3) is 0.882. The first-order chi connectivity index (χ1) is 18.1. The molecule has 3 N–H and O–H groups in total. The molecule has 5 aliphatic rings. The highest BCUT2D eigenvalue weighted by molar-refractivity contribution is 5.84. The molecule has 5 fully saturated rings. The first-order valence-electron chi connectivity index (χ1n) is 16.0. The second-order valence-electron chi connectivity index (χ2n) is 16.0. The lowest BCUT2D eigenvalue weighted by molar-refractivity contribution is -0.246. The molecule has 0 unspecified atom stereocenters. The summed E-state index contributed by atoms with van der Waals surface area (Å²) in [7, 11) is 0. The number of amides is 1. The third kappa shape index (κ3) is 4.02. The van der Waals surface area contributed by atoms with Gasteiger partial charge in [-0.1, -0.05) is 46.8 Å². The van der Waals surface area contributed by atoms with Crippen molar-refractivity contribution in [3.05, 3.63) is 12.2 Å². The monoisotopic (exact) mass is 541 g/mol. The second-order valence-corrected chi connectivity index (χ2v) is 16.0. The molecule has 220 valence electrons. The molecule has 0 aromatic rings. The average Bonchev–Trinajstić information content (AvgIpc) is 3.26. The minimum Gasteiger partial charge on any atom is -0.481 e. The molecule has 5 saturated carbocycles. The Bertz CT molecular complexity index is 1020. The molecular weight excluding hydrogens is 486 g/mol. The summed E-state index contributed by atoms with van der Waals surface area (Å²) in [4.78, 5) is 25.0. The number of hydrogen-bond acceptors (Lipinski definition) is 3. The molecule has 0 radical (unpaired) electrons.